The van der Waals surface area contributed by atoms with Gasteiger partial charge in [0.2, 0.25) is 0 Å². The molecule has 3 N–H and O–H groups in total. The molecule has 0 aliphatic carbocycles. The molecule has 0 atom stereocenters. The Hall–Kier alpha value is -0.120. The average Bonchev–Trinajstić information content (AvgIpc) is 2.71. The fourth-order valence-electron chi connectivity index (χ4n) is 1.33. The van der Waals surface area contributed by atoms with Crippen molar-refractivity contribution in [1.82, 2.24) is 10.9 Å². The zero-order valence-corrected chi connectivity index (χ0v) is 7.19. The summed E-state index contributed by atoms with van der Waals surface area (Å²) in [6.45, 7) is 2.47. The van der Waals surface area contributed by atoms with E-state index >= 15 is 0 Å². The number of rotatable bonds is 6. The number of nitrogens with one attached hydrogen (secondary N) is 2. The maximum absolute atomic E-state index is 8.72. The Kier molecular flexibility index (Phi) is 3.30. The molecule has 1 heterocycles. The van der Waals surface area contributed by atoms with Gasteiger partial charge in [0.1, 0.15) is 0 Å². The molecule has 3 nitrogen and oxygen atoms in total. The van der Waals surface area contributed by atoms with E-state index in [0.29, 0.717) is 0 Å². The number of aliphatic hydroxyl groups is 1. The van der Waals surface area contributed by atoms with Gasteiger partial charge in [-0.2, -0.15) is 0 Å². The Morgan fingerprint density at radius 2 is 1.91 bits per heavy atom. The number of hydrazine groups is 1. The summed E-state index contributed by atoms with van der Waals surface area (Å²) in [7, 11) is 0. The minimum absolute atomic E-state index is 0.101. The molecule has 1 aliphatic heterocycles. The standard InChI is InChI=1S/C8H18N2O/c1-2-3-4-5-8(6-7-11)9-10-8/h9-11H,2-7H2,1H3. The predicted molar refractivity (Wildman–Crippen MR) is 44.8 cm³/mol. The monoisotopic (exact) mass is 158 g/mol. The van der Waals surface area contributed by atoms with Crippen LogP contribution in [-0.4, -0.2) is 17.4 Å². The van der Waals surface area contributed by atoms with Gasteiger partial charge >= 0.3 is 0 Å². The molecule has 0 amide bonds. The second-order valence-electron chi connectivity index (χ2n) is 3.26. The molecule has 0 radical (unpaired) electrons. The molecule has 1 saturated heterocycles. The van der Waals surface area contributed by atoms with E-state index in [4.69, 9.17) is 5.11 Å². The van der Waals surface area contributed by atoms with Gasteiger partial charge < -0.3 is 5.11 Å². The molecule has 0 bridgehead atoms. The van der Waals surface area contributed by atoms with Gasteiger partial charge in [-0.25, -0.2) is 10.9 Å². The lowest BCUT2D eigenvalue weighted by Crippen LogP contribution is -2.19. The van der Waals surface area contributed by atoms with E-state index in [2.05, 4.69) is 17.8 Å². The minimum Gasteiger partial charge on any atom is -0.396 e. The van der Waals surface area contributed by atoms with Crippen LogP contribution < -0.4 is 10.9 Å². The van der Waals surface area contributed by atoms with Crippen LogP contribution in [0.5, 0.6) is 0 Å². The van der Waals surface area contributed by atoms with Gasteiger partial charge in [0.05, 0.1) is 5.66 Å². The molecular formula is C8H18N2O. The fraction of sp³-hybridized carbons (Fsp3) is 1.00. The van der Waals surface area contributed by atoms with Crippen LogP contribution in [0.25, 0.3) is 0 Å². The highest BCUT2D eigenvalue weighted by Gasteiger charge is 2.39. The van der Waals surface area contributed by atoms with Crippen LogP contribution in [0, 0.1) is 0 Å². The SMILES string of the molecule is CCCCCC1(CCO)NN1. The third kappa shape index (κ3) is 2.77. The van der Waals surface area contributed by atoms with E-state index in [-0.39, 0.29) is 12.3 Å². The smallest absolute Gasteiger partial charge is 0.0965 e. The first kappa shape index (κ1) is 8.97. The second-order valence-corrected chi connectivity index (χ2v) is 3.26. The van der Waals surface area contributed by atoms with E-state index in [1.54, 1.807) is 0 Å². The molecule has 0 aromatic carbocycles. The number of unbranched alkanes of at least 4 members (excludes halogenated alkanes) is 2. The van der Waals surface area contributed by atoms with E-state index in [0.717, 1.165) is 12.8 Å². The lowest BCUT2D eigenvalue weighted by molar-refractivity contribution is 0.261. The molecule has 3 heteroatoms. The Balaban J connectivity index is 2.04. The molecule has 1 rings (SSSR count). The summed E-state index contributed by atoms with van der Waals surface area (Å²) in [5, 5.41) is 8.72. The molecular weight excluding hydrogens is 140 g/mol. The van der Waals surface area contributed by atoms with Gasteiger partial charge in [0.25, 0.3) is 0 Å². The van der Waals surface area contributed by atoms with Gasteiger partial charge in [0.15, 0.2) is 0 Å². The lowest BCUT2D eigenvalue weighted by atomic mass is 10.0. The first-order valence-corrected chi connectivity index (χ1v) is 4.48. The maximum Gasteiger partial charge on any atom is 0.0965 e. The Morgan fingerprint density at radius 1 is 1.18 bits per heavy atom. The summed E-state index contributed by atoms with van der Waals surface area (Å²) in [6.07, 6.45) is 5.76. The predicted octanol–water partition coefficient (Wildman–Crippen LogP) is 0.753. The highest BCUT2D eigenvalue weighted by Crippen LogP contribution is 2.22. The van der Waals surface area contributed by atoms with Crippen LogP contribution in [0.3, 0.4) is 0 Å². The number of hydrogen-bond donors (Lipinski definition) is 3. The van der Waals surface area contributed by atoms with Crippen molar-refractivity contribution in [2.45, 2.75) is 44.7 Å². The van der Waals surface area contributed by atoms with Crippen molar-refractivity contribution in [2.75, 3.05) is 6.61 Å². The molecule has 0 saturated carbocycles. The van der Waals surface area contributed by atoms with E-state index in [9.17, 15) is 0 Å². The number of hydrogen-bond acceptors (Lipinski definition) is 3. The summed E-state index contributed by atoms with van der Waals surface area (Å²) in [5.41, 5.74) is 6.30. The summed E-state index contributed by atoms with van der Waals surface area (Å²) in [4.78, 5) is 0. The van der Waals surface area contributed by atoms with E-state index < -0.39 is 0 Å². The van der Waals surface area contributed by atoms with Crippen LogP contribution in [0.15, 0.2) is 0 Å². The molecule has 1 aliphatic rings. The van der Waals surface area contributed by atoms with Crippen molar-refractivity contribution >= 4 is 0 Å². The molecule has 0 unspecified atom stereocenters. The summed E-state index contributed by atoms with van der Waals surface area (Å²) < 4.78 is 0. The van der Waals surface area contributed by atoms with Crippen molar-refractivity contribution in [1.29, 1.82) is 0 Å². The zero-order valence-electron chi connectivity index (χ0n) is 7.19. The van der Waals surface area contributed by atoms with Gasteiger partial charge in [-0.3, -0.25) is 0 Å². The highest BCUT2D eigenvalue weighted by atomic mass is 16.3. The average molecular weight is 158 g/mol. The molecule has 66 valence electrons. The largest absolute Gasteiger partial charge is 0.396 e. The summed E-state index contributed by atoms with van der Waals surface area (Å²) in [5.74, 6) is 0. The maximum atomic E-state index is 8.72. The van der Waals surface area contributed by atoms with Crippen molar-refractivity contribution in [3.05, 3.63) is 0 Å². The highest BCUT2D eigenvalue weighted by molar-refractivity contribution is 4.93. The fourth-order valence-corrected chi connectivity index (χ4v) is 1.33. The number of aliphatic hydroxyl groups excluding tert-OH is 1. The van der Waals surface area contributed by atoms with Gasteiger partial charge in [-0.15, -0.1) is 0 Å². The lowest BCUT2D eigenvalue weighted by Gasteiger charge is -2.08. The van der Waals surface area contributed by atoms with Crippen LogP contribution in [-0.2, 0) is 0 Å². The third-order valence-corrected chi connectivity index (χ3v) is 2.22. The first-order chi connectivity index (χ1) is 5.33. The third-order valence-electron chi connectivity index (χ3n) is 2.22. The van der Waals surface area contributed by atoms with Crippen LogP contribution in [0.1, 0.15) is 39.0 Å². The van der Waals surface area contributed by atoms with Crippen LogP contribution >= 0.6 is 0 Å². The molecule has 1 fully saturated rings. The van der Waals surface area contributed by atoms with Crippen LogP contribution in [0.4, 0.5) is 0 Å². The molecule has 0 aromatic heterocycles. The topological polar surface area (TPSA) is 64.1 Å². The van der Waals surface area contributed by atoms with Gasteiger partial charge in [0, 0.05) is 13.0 Å². The van der Waals surface area contributed by atoms with Gasteiger partial charge in [-0.1, -0.05) is 26.2 Å². The van der Waals surface area contributed by atoms with Gasteiger partial charge in [-0.05, 0) is 6.42 Å². The molecule has 0 aromatic rings. The normalized spacial score (nSPS) is 20.2. The molecule has 0 spiro atoms. The minimum atomic E-state index is 0.101. The zero-order chi connectivity index (χ0) is 8.16. The Bertz CT molecular complexity index is 113. The van der Waals surface area contributed by atoms with Crippen LogP contribution in [0.2, 0.25) is 0 Å². The van der Waals surface area contributed by atoms with Crippen molar-refractivity contribution in [3.8, 4) is 0 Å². The summed E-state index contributed by atoms with van der Waals surface area (Å²) >= 11 is 0. The van der Waals surface area contributed by atoms with Crippen molar-refractivity contribution in [2.24, 2.45) is 0 Å². The van der Waals surface area contributed by atoms with E-state index in [1.807, 2.05) is 0 Å². The molecule has 11 heavy (non-hydrogen) atoms. The summed E-state index contributed by atoms with van der Waals surface area (Å²) in [6, 6.07) is 0. The Morgan fingerprint density at radius 3 is 2.36 bits per heavy atom. The van der Waals surface area contributed by atoms with E-state index in [1.165, 1.54) is 19.3 Å². The quantitative estimate of drug-likeness (QED) is 0.395. The van der Waals surface area contributed by atoms with Crippen molar-refractivity contribution in [3.63, 3.8) is 0 Å². The first-order valence-electron chi connectivity index (χ1n) is 4.48. The van der Waals surface area contributed by atoms with Crippen molar-refractivity contribution < 1.29 is 5.11 Å². The Labute approximate surface area is 68.2 Å². The second kappa shape index (κ2) is 4.04.